The lowest BCUT2D eigenvalue weighted by molar-refractivity contribution is 0.273. The molecule has 0 fully saturated rings. The van der Waals surface area contributed by atoms with Gasteiger partial charge in [0.05, 0.1) is 12.4 Å². The van der Waals surface area contributed by atoms with Gasteiger partial charge < -0.3 is 4.74 Å². The summed E-state index contributed by atoms with van der Waals surface area (Å²) < 4.78 is 18.1. The molecule has 0 N–H and O–H groups in total. The lowest BCUT2D eigenvalue weighted by atomic mass is 10.6. The molecule has 0 aliphatic carbocycles. The number of alkyl halides is 1. The molecule has 0 unspecified atom stereocenters. The number of hydrogen-bond acceptors (Lipinski definition) is 2. The zero-order valence-electron chi connectivity index (χ0n) is 5.75. The molecule has 0 aliphatic heterocycles. The topological polar surface area (TPSA) is 27.1 Å². The van der Waals surface area contributed by atoms with Crippen LogP contribution >= 0.6 is 0 Å². The molecule has 4 heteroatoms. The number of aryl methyl sites for hydroxylation is 1. The van der Waals surface area contributed by atoms with Crippen molar-refractivity contribution in [1.82, 2.24) is 9.78 Å². The predicted molar refractivity (Wildman–Crippen MR) is 34.7 cm³/mol. The Morgan fingerprint density at radius 2 is 2.60 bits per heavy atom. The molecule has 0 radical (unpaired) electrons. The van der Waals surface area contributed by atoms with Crippen molar-refractivity contribution in [2.24, 2.45) is 7.05 Å². The van der Waals surface area contributed by atoms with Gasteiger partial charge in [-0.15, -0.1) is 0 Å². The van der Waals surface area contributed by atoms with Crippen LogP contribution in [0.4, 0.5) is 4.39 Å². The second-order valence-corrected chi connectivity index (χ2v) is 1.89. The van der Waals surface area contributed by atoms with Crippen LogP contribution in [-0.4, -0.2) is 23.1 Å². The van der Waals surface area contributed by atoms with Crippen molar-refractivity contribution >= 4 is 0 Å². The van der Waals surface area contributed by atoms with Gasteiger partial charge in [0, 0.05) is 7.05 Å². The van der Waals surface area contributed by atoms with Crippen LogP contribution in [0.1, 0.15) is 0 Å². The van der Waals surface area contributed by atoms with Gasteiger partial charge in [-0.25, -0.2) is 4.39 Å². The summed E-state index contributed by atoms with van der Waals surface area (Å²) in [6.07, 6.45) is 3.24. The highest BCUT2D eigenvalue weighted by Crippen LogP contribution is 2.05. The maximum atomic E-state index is 11.5. The van der Waals surface area contributed by atoms with Gasteiger partial charge in [0.1, 0.15) is 13.3 Å². The van der Waals surface area contributed by atoms with Crippen molar-refractivity contribution < 1.29 is 9.13 Å². The molecule has 56 valence electrons. The van der Waals surface area contributed by atoms with E-state index in [1.54, 1.807) is 24.1 Å². The van der Waals surface area contributed by atoms with E-state index in [4.69, 9.17) is 4.74 Å². The molecule has 1 rings (SSSR count). The summed E-state index contributed by atoms with van der Waals surface area (Å²) in [6, 6.07) is 0. The van der Waals surface area contributed by atoms with Gasteiger partial charge in [-0.2, -0.15) is 5.10 Å². The van der Waals surface area contributed by atoms with E-state index in [9.17, 15) is 4.39 Å². The normalized spacial score (nSPS) is 9.80. The zero-order valence-corrected chi connectivity index (χ0v) is 5.75. The van der Waals surface area contributed by atoms with E-state index < -0.39 is 6.67 Å². The van der Waals surface area contributed by atoms with Gasteiger partial charge in [0.15, 0.2) is 5.75 Å². The van der Waals surface area contributed by atoms with E-state index in [0.29, 0.717) is 5.75 Å². The standard InChI is InChI=1S/C6H9FN2O/c1-9-5-6(4-8-9)10-3-2-7/h4-5H,2-3H2,1H3. The Morgan fingerprint density at radius 3 is 3.10 bits per heavy atom. The van der Waals surface area contributed by atoms with E-state index in [-0.39, 0.29) is 6.61 Å². The van der Waals surface area contributed by atoms with Gasteiger partial charge in [-0.05, 0) is 0 Å². The number of halogens is 1. The van der Waals surface area contributed by atoms with Crippen LogP contribution in [0.2, 0.25) is 0 Å². The maximum Gasteiger partial charge on any atom is 0.157 e. The summed E-state index contributed by atoms with van der Waals surface area (Å²) >= 11 is 0. The number of ether oxygens (including phenoxy) is 1. The van der Waals surface area contributed by atoms with E-state index in [1.807, 2.05) is 0 Å². The third-order valence-corrected chi connectivity index (χ3v) is 1.03. The van der Waals surface area contributed by atoms with E-state index >= 15 is 0 Å². The molecule has 0 spiro atoms. The maximum absolute atomic E-state index is 11.5. The van der Waals surface area contributed by atoms with Crippen molar-refractivity contribution in [3.05, 3.63) is 12.4 Å². The summed E-state index contributed by atoms with van der Waals surface area (Å²) in [4.78, 5) is 0. The van der Waals surface area contributed by atoms with Crippen molar-refractivity contribution in [3.63, 3.8) is 0 Å². The molecule has 0 saturated heterocycles. The Labute approximate surface area is 58.4 Å². The van der Waals surface area contributed by atoms with Crippen LogP contribution in [-0.2, 0) is 7.05 Å². The second-order valence-electron chi connectivity index (χ2n) is 1.89. The van der Waals surface area contributed by atoms with Gasteiger partial charge in [0.2, 0.25) is 0 Å². The first kappa shape index (κ1) is 7.05. The fourth-order valence-electron chi connectivity index (χ4n) is 0.630. The highest BCUT2D eigenvalue weighted by atomic mass is 19.1. The molecular formula is C6H9FN2O. The summed E-state index contributed by atoms with van der Waals surface area (Å²) in [5, 5.41) is 3.84. The summed E-state index contributed by atoms with van der Waals surface area (Å²) in [6.45, 7) is -0.361. The quantitative estimate of drug-likeness (QED) is 0.626. The predicted octanol–water partition coefficient (Wildman–Crippen LogP) is 0.768. The first-order chi connectivity index (χ1) is 4.83. The fraction of sp³-hybridized carbons (Fsp3) is 0.500. The fourth-order valence-corrected chi connectivity index (χ4v) is 0.630. The average molecular weight is 144 g/mol. The first-order valence-electron chi connectivity index (χ1n) is 3.00. The van der Waals surface area contributed by atoms with E-state index in [0.717, 1.165) is 0 Å². The molecule has 3 nitrogen and oxygen atoms in total. The van der Waals surface area contributed by atoms with Crippen molar-refractivity contribution in [2.45, 2.75) is 0 Å². The molecule has 0 aliphatic rings. The van der Waals surface area contributed by atoms with Crippen molar-refractivity contribution in [3.8, 4) is 5.75 Å². The van der Waals surface area contributed by atoms with E-state index in [1.165, 1.54) is 0 Å². The number of rotatable bonds is 3. The summed E-state index contributed by atoms with van der Waals surface area (Å²) in [5.74, 6) is 0.611. The second kappa shape index (κ2) is 3.20. The monoisotopic (exact) mass is 144 g/mol. The molecule has 0 atom stereocenters. The molecule has 0 bridgehead atoms. The van der Waals surface area contributed by atoms with Crippen LogP contribution < -0.4 is 4.74 Å². The Kier molecular flexibility index (Phi) is 2.25. The molecule has 1 aromatic rings. The minimum absolute atomic E-state index is 0.103. The summed E-state index contributed by atoms with van der Waals surface area (Å²) in [7, 11) is 1.78. The van der Waals surface area contributed by atoms with Crippen LogP contribution in [0.15, 0.2) is 12.4 Å². The van der Waals surface area contributed by atoms with Crippen molar-refractivity contribution in [1.29, 1.82) is 0 Å². The van der Waals surface area contributed by atoms with Crippen LogP contribution in [0, 0.1) is 0 Å². The van der Waals surface area contributed by atoms with Crippen LogP contribution in [0.3, 0.4) is 0 Å². The summed E-state index contributed by atoms with van der Waals surface area (Å²) in [5.41, 5.74) is 0. The Bertz CT molecular complexity index is 199. The Balaban J connectivity index is 2.42. The average Bonchev–Trinajstić information content (AvgIpc) is 2.31. The molecule has 0 aromatic carbocycles. The minimum atomic E-state index is -0.463. The number of nitrogens with zero attached hydrogens (tertiary/aromatic N) is 2. The zero-order chi connectivity index (χ0) is 7.40. The number of hydrogen-bond donors (Lipinski definition) is 0. The molecule has 0 amide bonds. The lowest BCUT2D eigenvalue weighted by Gasteiger charge is -1.95. The Morgan fingerprint density at radius 1 is 1.80 bits per heavy atom. The molecule has 1 aromatic heterocycles. The van der Waals surface area contributed by atoms with Gasteiger partial charge >= 0.3 is 0 Å². The SMILES string of the molecule is Cn1cc(OCCF)cn1. The smallest absolute Gasteiger partial charge is 0.157 e. The third-order valence-electron chi connectivity index (χ3n) is 1.03. The van der Waals surface area contributed by atoms with Gasteiger partial charge in [-0.3, -0.25) is 4.68 Å². The lowest BCUT2D eigenvalue weighted by Crippen LogP contribution is -1.97. The third kappa shape index (κ3) is 1.72. The minimum Gasteiger partial charge on any atom is -0.488 e. The van der Waals surface area contributed by atoms with Gasteiger partial charge in [0.25, 0.3) is 0 Å². The van der Waals surface area contributed by atoms with Crippen molar-refractivity contribution in [2.75, 3.05) is 13.3 Å². The molecule has 0 saturated carbocycles. The van der Waals surface area contributed by atoms with Crippen LogP contribution in [0.5, 0.6) is 5.75 Å². The molecular weight excluding hydrogens is 135 g/mol. The van der Waals surface area contributed by atoms with Crippen LogP contribution in [0.25, 0.3) is 0 Å². The van der Waals surface area contributed by atoms with Gasteiger partial charge in [-0.1, -0.05) is 0 Å². The van der Waals surface area contributed by atoms with E-state index in [2.05, 4.69) is 5.10 Å². The number of aromatic nitrogens is 2. The molecule has 10 heavy (non-hydrogen) atoms. The first-order valence-corrected chi connectivity index (χ1v) is 3.00. The highest BCUT2D eigenvalue weighted by Gasteiger charge is 1.93. The highest BCUT2D eigenvalue weighted by molar-refractivity contribution is 5.10. The largest absolute Gasteiger partial charge is 0.488 e. The molecule has 1 heterocycles. The Hall–Kier alpha value is -1.06.